The molecule has 0 atom stereocenters. The predicted octanol–water partition coefficient (Wildman–Crippen LogP) is 4.93. The fraction of sp³-hybridized carbons (Fsp3) is 0.440. The standard InChI is InChI=1S/C25H26F2N2O4/c1-15(2)33-22-11-23-28-20(16-6-8-31-9-7-16)13-29(23)12-17(22)10-21(30)18-4-3-5-19-24(18)32-14-25(19,26)27/h3-5,11-13,15-16H,6-10,14H2,1-2H3. The number of pyridine rings is 1. The van der Waals surface area contributed by atoms with E-state index >= 15 is 0 Å². The van der Waals surface area contributed by atoms with E-state index < -0.39 is 12.5 Å². The van der Waals surface area contributed by atoms with Crippen molar-refractivity contribution in [2.24, 2.45) is 0 Å². The summed E-state index contributed by atoms with van der Waals surface area (Å²) >= 11 is 0. The number of nitrogens with zero attached hydrogens (tertiary/aromatic N) is 2. The normalized spacial score (nSPS) is 17.8. The molecule has 1 saturated heterocycles. The van der Waals surface area contributed by atoms with Crippen molar-refractivity contribution in [3.05, 3.63) is 59.0 Å². The van der Waals surface area contributed by atoms with Crippen molar-refractivity contribution in [3.63, 3.8) is 0 Å². The van der Waals surface area contributed by atoms with Crippen molar-refractivity contribution in [2.45, 2.75) is 51.1 Å². The number of aromatic nitrogens is 2. The van der Waals surface area contributed by atoms with Gasteiger partial charge in [-0.2, -0.15) is 8.78 Å². The highest BCUT2D eigenvalue weighted by Crippen LogP contribution is 2.43. The third kappa shape index (κ3) is 4.19. The van der Waals surface area contributed by atoms with Crippen LogP contribution in [0.15, 0.2) is 36.7 Å². The molecule has 0 saturated carbocycles. The van der Waals surface area contributed by atoms with E-state index in [4.69, 9.17) is 19.2 Å². The van der Waals surface area contributed by atoms with Crippen LogP contribution in [-0.4, -0.2) is 41.1 Å². The number of alkyl halides is 2. The molecule has 3 aromatic rings. The summed E-state index contributed by atoms with van der Waals surface area (Å²) < 4.78 is 46.7. The van der Waals surface area contributed by atoms with Crippen LogP contribution < -0.4 is 9.47 Å². The van der Waals surface area contributed by atoms with Gasteiger partial charge in [0.05, 0.1) is 22.9 Å². The van der Waals surface area contributed by atoms with E-state index in [0.29, 0.717) is 17.2 Å². The lowest BCUT2D eigenvalue weighted by atomic mass is 9.97. The van der Waals surface area contributed by atoms with Gasteiger partial charge in [0, 0.05) is 49.6 Å². The number of Topliss-reactive ketones (excluding diaryl/α,β-unsaturated/α-hetero) is 1. The molecule has 0 aliphatic carbocycles. The largest absolute Gasteiger partial charge is 0.491 e. The van der Waals surface area contributed by atoms with Gasteiger partial charge in [-0.3, -0.25) is 4.79 Å². The number of benzene rings is 1. The average molecular weight is 456 g/mol. The minimum atomic E-state index is -3.09. The summed E-state index contributed by atoms with van der Waals surface area (Å²) in [7, 11) is 0. The second-order valence-electron chi connectivity index (χ2n) is 8.92. The highest BCUT2D eigenvalue weighted by molar-refractivity contribution is 6.00. The summed E-state index contributed by atoms with van der Waals surface area (Å²) in [6.07, 6.45) is 5.58. The first kappa shape index (κ1) is 21.8. The van der Waals surface area contributed by atoms with Crippen molar-refractivity contribution in [1.29, 1.82) is 0 Å². The van der Waals surface area contributed by atoms with E-state index in [1.807, 2.05) is 36.7 Å². The zero-order valence-corrected chi connectivity index (χ0v) is 18.6. The molecule has 4 heterocycles. The number of ether oxygens (including phenoxy) is 3. The maximum atomic E-state index is 14.1. The number of carbonyl (C=O) groups is 1. The van der Waals surface area contributed by atoms with Gasteiger partial charge in [0.1, 0.15) is 17.1 Å². The van der Waals surface area contributed by atoms with E-state index in [2.05, 4.69) is 0 Å². The van der Waals surface area contributed by atoms with Crippen LogP contribution in [-0.2, 0) is 17.1 Å². The molecule has 1 fully saturated rings. The molecule has 0 spiro atoms. The van der Waals surface area contributed by atoms with E-state index in [0.717, 1.165) is 37.4 Å². The third-order valence-electron chi connectivity index (χ3n) is 6.11. The molecule has 2 aliphatic heterocycles. The third-order valence-corrected chi connectivity index (χ3v) is 6.11. The van der Waals surface area contributed by atoms with Crippen LogP contribution in [0.5, 0.6) is 11.5 Å². The number of ketones is 1. The number of rotatable bonds is 6. The maximum absolute atomic E-state index is 14.1. The summed E-state index contributed by atoms with van der Waals surface area (Å²) in [5.41, 5.74) is 2.33. The molecule has 2 aromatic heterocycles. The topological polar surface area (TPSA) is 62.1 Å². The number of imidazole rings is 1. The number of halogens is 2. The second-order valence-corrected chi connectivity index (χ2v) is 8.92. The molecule has 6 nitrogen and oxygen atoms in total. The Balaban J connectivity index is 1.49. The number of hydrogen-bond acceptors (Lipinski definition) is 5. The number of para-hydroxylation sites is 1. The number of fused-ring (bicyclic) bond motifs is 2. The van der Waals surface area contributed by atoms with Crippen LogP contribution in [0.1, 0.15) is 59.8 Å². The zero-order chi connectivity index (χ0) is 23.2. The Morgan fingerprint density at radius 1 is 1.27 bits per heavy atom. The molecule has 2 aliphatic rings. The molecule has 5 rings (SSSR count). The van der Waals surface area contributed by atoms with Gasteiger partial charge in [-0.15, -0.1) is 0 Å². The van der Waals surface area contributed by atoms with Gasteiger partial charge in [-0.25, -0.2) is 4.98 Å². The van der Waals surface area contributed by atoms with Crippen molar-refractivity contribution in [1.82, 2.24) is 9.38 Å². The lowest BCUT2D eigenvalue weighted by Gasteiger charge is -2.19. The maximum Gasteiger partial charge on any atom is 0.310 e. The fourth-order valence-corrected chi connectivity index (χ4v) is 4.47. The van der Waals surface area contributed by atoms with Gasteiger partial charge in [-0.1, -0.05) is 6.07 Å². The number of hydrogen-bond donors (Lipinski definition) is 0. The molecule has 0 amide bonds. The molecule has 0 unspecified atom stereocenters. The molecular formula is C25H26F2N2O4. The van der Waals surface area contributed by atoms with E-state index in [-0.39, 0.29) is 35.2 Å². The van der Waals surface area contributed by atoms with E-state index in [9.17, 15) is 13.6 Å². The van der Waals surface area contributed by atoms with Gasteiger partial charge < -0.3 is 18.6 Å². The average Bonchev–Trinajstić information content (AvgIpc) is 3.34. The van der Waals surface area contributed by atoms with Crippen LogP contribution in [0.4, 0.5) is 8.78 Å². The quantitative estimate of drug-likeness (QED) is 0.493. The smallest absolute Gasteiger partial charge is 0.310 e. The fourth-order valence-electron chi connectivity index (χ4n) is 4.47. The minimum Gasteiger partial charge on any atom is -0.491 e. The molecule has 33 heavy (non-hydrogen) atoms. The first-order valence-electron chi connectivity index (χ1n) is 11.2. The molecule has 0 N–H and O–H groups in total. The van der Waals surface area contributed by atoms with Crippen LogP contribution in [0.2, 0.25) is 0 Å². The summed E-state index contributed by atoms with van der Waals surface area (Å²) in [6.45, 7) is 4.53. The summed E-state index contributed by atoms with van der Waals surface area (Å²) in [6, 6.07) is 6.15. The first-order valence-corrected chi connectivity index (χ1v) is 11.2. The molecule has 174 valence electrons. The minimum absolute atomic E-state index is 0.00579. The summed E-state index contributed by atoms with van der Waals surface area (Å²) in [5.74, 6) is -2.52. The van der Waals surface area contributed by atoms with Crippen LogP contribution >= 0.6 is 0 Å². The van der Waals surface area contributed by atoms with Crippen LogP contribution in [0.3, 0.4) is 0 Å². The Morgan fingerprint density at radius 2 is 2.06 bits per heavy atom. The van der Waals surface area contributed by atoms with Gasteiger partial charge >= 0.3 is 5.92 Å². The van der Waals surface area contributed by atoms with Crippen molar-refractivity contribution in [2.75, 3.05) is 19.8 Å². The van der Waals surface area contributed by atoms with Crippen molar-refractivity contribution in [3.8, 4) is 11.5 Å². The second kappa shape index (κ2) is 8.41. The van der Waals surface area contributed by atoms with Crippen LogP contribution in [0, 0.1) is 0 Å². The Morgan fingerprint density at radius 3 is 2.82 bits per heavy atom. The Hall–Kier alpha value is -3.00. The van der Waals surface area contributed by atoms with Crippen molar-refractivity contribution >= 4 is 11.4 Å². The monoisotopic (exact) mass is 456 g/mol. The summed E-state index contributed by atoms with van der Waals surface area (Å²) in [5, 5.41) is 0. The molecular weight excluding hydrogens is 430 g/mol. The molecule has 1 aromatic carbocycles. The zero-order valence-electron chi connectivity index (χ0n) is 18.6. The van der Waals surface area contributed by atoms with Crippen LogP contribution in [0.25, 0.3) is 5.65 Å². The SMILES string of the molecule is CC(C)Oc1cc2nc(C3CCOCC3)cn2cc1CC(=O)c1cccc2c1OCC2(F)F. The highest BCUT2D eigenvalue weighted by Gasteiger charge is 2.43. The summed E-state index contributed by atoms with van der Waals surface area (Å²) in [4.78, 5) is 18.0. The molecule has 0 bridgehead atoms. The first-order chi connectivity index (χ1) is 15.8. The van der Waals surface area contributed by atoms with Gasteiger partial charge in [0.2, 0.25) is 0 Å². The van der Waals surface area contributed by atoms with Gasteiger partial charge in [0.15, 0.2) is 12.4 Å². The lowest BCUT2D eigenvalue weighted by molar-refractivity contribution is -0.0214. The van der Waals surface area contributed by atoms with Crippen molar-refractivity contribution < 1.29 is 27.8 Å². The number of carbonyl (C=O) groups excluding carboxylic acids is 1. The van der Waals surface area contributed by atoms with E-state index in [1.54, 1.807) is 0 Å². The molecule has 8 heteroatoms. The Labute approximate surface area is 190 Å². The Bertz CT molecular complexity index is 1200. The highest BCUT2D eigenvalue weighted by atomic mass is 19.3. The lowest BCUT2D eigenvalue weighted by Crippen LogP contribution is -2.14. The molecule has 0 radical (unpaired) electrons. The Kier molecular flexibility index (Phi) is 5.56. The van der Waals surface area contributed by atoms with E-state index in [1.165, 1.54) is 18.2 Å². The van der Waals surface area contributed by atoms with Gasteiger partial charge in [0.25, 0.3) is 0 Å². The van der Waals surface area contributed by atoms with Gasteiger partial charge in [-0.05, 0) is 38.8 Å². The predicted molar refractivity (Wildman–Crippen MR) is 118 cm³/mol.